The summed E-state index contributed by atoms with van der Waals surface area (Å²) in [6, 6.07) is 4.64. The van der Waals surface area contributed by atoms with Crippen LogP contribution in [0.1, 0.15) is 5.56 Å². The average molecular weight is 372 g/mol. The lowest BCUT2D eigenvalue weighted by Gasteiger charge is -2.13. The van der Waals surface area contributed by atoms with Gasteiger partial charge >= 0.3 is 6.18 Å². The van der Waals surface area contributed by atoms with Crippen LogP contribution in [0.2, 0.25) is 5.02 Å². The highest BCUT2D eigenvalue weighted by Gasteiger charge is 2.31. The van der Waals surface area contributed by atoms with Crippen molar-refractivity contribution in [1.29, 1.82) is 0 Å². The molecule has 0 aliphatic rings. The smallest absolute Gasteiger partial charge is 0.416 e. The summed E-state index contributed by atoms with van der Waals surface area (Å²) in [6.07, 6.45) is -4.53. The van der Waals surface area contributed by atoms with E-state index in [1.165, 1.54) is 7.11 Å². The van der Waals surface area contributed by atoms with Gasteiger partial charge < -0.3 is 15.2 Å². The van der Waals surface area contributed by atoms with Gasteiger partial charge in [0.15, 0.2) is 11.6 Å². The van der Waals surface area contributed by atoms with E-state index in [9.17, 15) is 17.6 Å². The number of nitrogens with two attached hydrogens (primary N) is 1. The Hall–Kier alpha value is -1.86. The second kappa shape index (κ2) is 7.14. The van der Waals surface area contributed by atoms with Crippen molar-refractivity contribution >= 4 is 29.7 Å². The van der Waals surface area contributed by atoms with Crippen molar-refractivity contribution in [3.05, 3.63) is 46.7 Å². The summed E-state index contributed by atoms with van der Waals surface area (Å²) in [5.41, 5.74) is 4.80. The number of hydrogen-bond acceptors (Lipinski definition) is 3. The molecule has 0 aliphatic heterocycles. The number of anilines is 1. The van der Waals surface area contributed by atoms with E-state index in [1.807, 2.05) is 0 Å². The normalized spacial score (nSPS) is 10.9. The summed E-state index contributed by atoms with van der Waals surface area (Å²) in [5.74, 6) is -1.08. The molecule has 126 valence electrons. The maximum absolute atomic E-state index is 13.8. The zero-order valence-electron chi connectivity index (χ0n) is 11.6. The number of rotatable bonds is 3. The lowest BCUT2D eigenvalue weighted by molar-refractivity contribution is -0.137. The Balaban J connectivity index is 0.00000264. The molecular formula is C14H11Cl2F4NO2. The van der Waals surface area contributed by atoms with Gasteiger partial charge in [-0.25, -0.2) is 4.39 Å². The minimum atomic E-state index is -4.53. The quantitative estimate of drug-likeness (QED) is 0.587. The third kappa shape index (κ3) is 4.33. The van der Waals surface area contributed by atoms with E-state index in [2.05, 4.69) is 0 Å². The molecule has 0 saturated carbocycles. The lowest BCUT2D eigenvalue weighted by atomic mass is 10.2. The molecule has 0 aliphatic carbocycles. The van der Waals surface area contributed by atoms with Gasteiger partial charge in [0.1, 0.15) is 11.5 Å². The van der Waals surface area contributed by atoms with Crippen LogP contribution in [0, 0.1) is 5.82 Å². The first kappa shape index (κ1) is 19.2. The van der Waals surface area contributed by atoms with Gasteiger partial charge in [0.25, 0.3) is 0 Å². The molecule has 0 amide bonds. The van der Waals surface area contributed by atoms with Crippen LogP contribution in [0.25, 0.3) is 0 Å². The van der Waals surface area contributed by atoms with Gasteiger partial charge in [0.05, 0.1) is 23.4 Å². The van der Waals surface area contributed by atoms with E-state index in [-0.39, 0.29) is 40.4 Å². The standard InChI is InChI=1S/C14H10ClF4NO2.ClH/c1-21-13-5-9(16)12(6-10(13)20)22-11-3-2-7(4-8(11)15)14(17,18)19;/h2-6H,20H2,1H3;1H. The molecule has 2 rings (SSSR count). The molecule has 0 atom stereocenters. The molecule has 0 saturated heterocycles. The highest BCUT2D eigenvalue weighted by molar-refractivity contribution is 6.32. The van der Waals surface area contributed by atoms with Crippen LogP contribution < -0.4 is 15.2 Å². The highest BCUT2D eigenvalue weighted by atomic mass is 35.5. The molecule has 9 heteroatoms. The second-order valence-corrected chi connectivity index (χ2v) is 4.68. The SMILES string of the molecule is COc1cc(F)c(Oc2ccc(C(F)(F)F)cc2Cl)cc1N.Cl. The van der Waals surface area contributed by atoms with Crippen molar-refractivity contribution < 1.29 is 27.0 Å². The predicted octanol–water partition coefficient (Wildman–Crippen LogP) is 5.30. The summed E-state index contributed by atoms with van der Waals surface area (Å²) >= 11 is 5.73. The second-order valence-electron chi connectivity index (χ2n) is 4.27. The Morgan fingerprint density at radius 1 is 1.04 bits per heavy atom. The van der Waals surface area contributed by atoms with Crippen LogP contribution in [0.4, 0.5) is 23.2 Å². The van der Waals surface area contributed by atoms with Gasteiger partial charge in [-0.3, -0.25) is 0 Å². The Kier molecular flexibility index (Phi) is 5.96. The van der Waals surface area contributed by atoms with E-state index < -0.39 is 17.6 Å². The summed E-state index contributed by atoms with van der Waals surface area (Å²) < 4.78 is 61.4. The maximum Gasteiger partial charge on any atom is 0.416 e. The fourth-order valence-electron chi connectivity index (χ4n) is 1.68. The largest absolute Gasteiger partial charge is 0.494 e. The van der Waals surface area contributed by atoms with Crippen molar-refractivity contribution in [3.63, 3.8) is 0 Å². The zero-order chi connectivity index (χ0) is 16.5. The monoisotopic (exact) mass is 371 g/mol. The number of alkyl halides is 3. The van der Waals surface area contributed by atoms with E-state index in [0.717, 1.165) is 24.3 Å². The topological polar surface area (TPSA) is 44.5 Å². The number of ether oxygens (including phenoxy) is 2. The van der Waals surface area contributed by atoms with Crippen LogP contribution >= 0.6 is 24.0 Å². The van der Waals surface area contributed by atoms with Crippen LogP contribution in [0.5, 0.6) is 17.2 Å². The van der Waals surface area contributed by atoms with Crippen molar-refractivity contribution in [1.82, 2.24) is 0 Å². The molecule has 0 spiro atoms. The molecule has 0 radical (unpaired) electrons. The molecule has 0 fully saturated rings. The number of halogens is 6. The van der Waals surface area contributed by atoms with E-state index in [0.29, 0.717) is 6.07 Å². The molecule has 0 heterocycles. The summed E-state index contributed by atoms with van der Waals surface area (Å²) in [7, 11) is 1.32. The van der Waals surface area contributed by atoms with Crippen molar-refractivity contribution in [2.45, 2.75) is 6.18 Å². The third-order valence-corrected chi connectivity index (χ3v) is 3.06. The van der Waals surface area contributed by atoms with Gasteiger partial charge in [-0.2, -0.15) is 13.2 Å². The van der Waals surface area contributed by atoms with Gasteiger partial charge in [0.2, 0.25) is 0 Å². The third-order valence-electron chi connectivity index (χ3n) is 2.76. The van der Waals surface area contributed by atoms with E-state index in [4.69, 9.17) is 26.8 Å². The summed E-state index contributed by atoms with van der Waals surface area (Å²) in [4.78, 5) is 0. The first-order valence-corrected chi connectivity index (χ1v) is 6.27. The van der Waals surface area contributed by atoms with Crippen LogP contribution in [0.3, 0.4) is 0 Å². The van der Waals surface area contributed by atoms with Crippen LogP contribution in [-0.4, -0.2) is 7.11 Å². The molecule has 3 nitrogen and oxygen atoms in total. The molecule has 2 N–H and O–H groups in total. The Labute approximate surface area is 140 Å². The van der Waals surface area contributed by atoms with E-state index in [1.54, 1.807) is 0 Å². The van der Waals surface area contributed by atoms with Gasteiger partial charge in [-0.15, -0.1) is 12.4 Å². The van der Waals surface area contributed by atoms with Crippen molar-refractivity contribution in [2.75, 3.05) is 12.8 Å². The fraction of sp³-hybridized carbons (Fsp3) is 0.143. The predicted molar refractivity (Wildman–Crippen MR) is 81.1 cm³/mol. The average Bonchev–Trinajstić information content (AvgIpc) is 2.43. The molecule has 0 aromatic heterocycles. The van der Waals surface area contributed by atoms with Crippen LogP contribution in [-0.2, 0) is 6.18 Å². The van der Waals surface area contributed by atoms with Gasteiger partial charge in [-0.1, -0.05) is 11.6 Å². The Morgan fingerprint density at radius 2 is 1.70 bits per heavy atom. The minimum absolute atomic E-state index is 0. The molecule has 23 heavy (non-hydrogen) atoms. The highest BCUT2D eigenvalue weighted by Crippen LogP contribution is 2.38. The van der Waals surface area contributed by atoms with Crippen molar-refractivity contribution in [2.24, 2.45) is 0 Å². The number of benzene rings is 2. The van der Waals surface area contributed by atoms with E-state index >= 15 is 0 Å². The number of hydrogen-bond donors (Lipinski definition) is 1. The number of nitrogen functional groups attached to an aromatic ring is 1. The number of methoxy groups -OCH3 is 1. The fourth-order valence-corrected chi connectivity index (χ4v) is 1.90. The van der Waals surface area contributed by atoms with Gasteiger partial charge in [0, 0.05) is 12.1 Å². The lowest BCUT2D eigenvalue weighted by Crippen LogP contribution is -2.04. The summed E-state index contributed by atoms with van der Waals surface area (Å²) in [6.45, 7) is 0. The molecule has 0 bridgehead atoms. The maximum atomic E-state index is 13.8. The van der Waals surface area contributed by atoms with Gasteiger partial charge in [-0.05, 0) is 18.2 Å². The molecule has 2 aromatic carbocycles. The minimum Gasteiger partial charge on any atom is -0.494 e. The first-order chi connectivity index (χ1) is 10.2. The molecule has 2 aromatic rings. The van der Waals surface area contributed by atoms with Crippen molar-refractivity contribution in [3.8, 4) is 17.2 Å². The first-order valence-electron chi connectivity index (χ1n) is 5.90. The zero-order valence-corrected chi connectivity index (χ0v) is 13.2. The van der Waals surface area contributed by atoms with Crippen LogP contribution in [0.15, 0.2) is 30.3 Å². The molecular weight excluding hydrogens is 361 g/mol. The molecule has 0 unspecified atom stereocenters. The Morgan fingerprint density at radius 3 is 2.22 bits per heavy atom. The Bertz CT molecular complexity index is 708. The summed E-state index contributed by atoms with van der Waals surface area (Å²) in [5, 5.41) is -0.302.